The van der Waals surface area contributed by atoms with Crippen LogP contribution < -0.4 is 70.8 Å². The van der Waals surface area contributed by atoms with E-state index in [-0.39, 0.29) is 227 Å². The number of aromatic amines is 1. The monoisotopic (exact) mass is 1860 g/mol. The van der Waals surface area contributed by atoms with Gasteiger partial charge in [0.1, 0.15) is 73.4 Å². The van der Waals surface area contributed by atoms with Crippen LogP contribution in [0.5, 0.6) is 0 Å². The van der Waals surface area contributed by atoms with Gasteiger partial charge in [0.2, 0.25) is 70.9 Å². The lowest BCUT2D eigenvalue weighted by molar-refractivity contribution is -0.151. The molecule has 0 radical (unpaired) electrons. The zero-order chi connectivity index (χ0) is 94.0. The molecular formula is C85H133N25O18S2. The minimum absolute atomic E-state index is 0.00107. The molecule has 2 bridgehead atoms. The predicted molar refractivity (Wildman–Crippen MR) is 484 cm³/mol. The number of likely N-dealkylation sites (tertiary alicyclic amines) is 1. The molecule has 13 atom stereocenters. The molecule has 43 nitrogen and oxygen atoms in total. The predicted octanol–water partition coefficient (Wildman–Crippen LogP) is -0.591. The first kappa shape index (κ1) is 104. The highest BCUT2D eigenvalue weighted by molar-refractivity contribution is 8.76. The molecule has 7 heterocycles. The van der Waals surface area contributed by atoms with Crippen molar-refractivity contribution in [2.75, 3.05) is 117 Å². The summed E-state index contributed by atoms with van der Waals surface area (Å²) in [5, 5.41) is 39.8. The van der Waals surface area contributed by atoms with E-state index in [2.05, 4.69) is 82.7 Å². The number of carbonyl (C=O) groups is 15. The zero-order valence-corrected chi connectivity index (χ0v) is 76.4. The summed E-state index contributed by atoms with van der Waals surface area (Å²) < 4.78 is 10.5. The second kappa shape index (κ2) is 55.3. The number of H-pyrrole nitrogens is 1. The molecule has 0 saturated carbocycles. The summed E-state index contributed by atoms with van der Waals surface area (Å²) in [5.41, 5.74) is 32.3. The van der Waals surface area contributed by atoms with E-state index in [0.717, 1.165) is 34.4 Å². The van der Waals surface area contributed by atoms with E-state index in [4.69, 9.17) is 37.9 Å². The first-order valence-electron chi connectivity index (χ1n) is 45.3. The van der Waals surface area contributed by atoms with Crippen LogP contribution in [0.3, 0.4) is 0 Å². The maximum atomic E-state index is 16.5. The molecule has 2 unspecified atom stereocenters. The Kier molecular flexibility index (Phi) is 44.5. The number of carboxylic acids is 1. The highest BCUT2D eigenvalue weighted by atomic mass is 33.1. The summed E-state index contributed by atoms with van der Waals surface area (Å²) in [5.74, 6) is -12.4. The number of ether oxygens (including phenoxy) is 2. The second-order valence-electron chi connectivity index (χ2n) is 34.3. The van der Waals surface area contributed by atoms with Crippen molar-refractivity contribution in [2.24, 2.45) is 55.8 Å². The first-order valence-corrected chi connectivity index (χ1v) is 47.8. The lowest BCUT2D eigenvalue weighted by Crippen LogP contribution is -2.61. The number of methoxy groups -OCH3 is 1. The van der Waals surface area contributed by atoms with E-state index in [1.807, 2.05) is 4.90 Å². The van der Waals surface area contributed by atoms with E-state index < -0.39 is 137 Å². The van der Waals surface area contributed by atoms with Gasteiger partial charge >= 0.3 is 11.9 Å². The van der Waals surface area contributed by atoms with Crippen LogP contribution in [-0.4, -0.2) is 323 Å². The maximum Gasteiger partial charge on any atom is 0.332 e. The Bertz CT molecular complexity index is 4220. The number of azide groups is 1. The summed E-state index contributed by atoms with van der Waals surface area (Å²) in [7, 11) is 3.50. The van der Waals surface area contributed by atoms with E-state index in [9.17, 15) is 53.1 Å². The third-order valence-corrected chi connectivity index (χ3v) is 26.5. The number of guanidine groups is 2. The Labute approximate surface area is 765 Å². The molecule has 718 valence electrons. The fourth-order valence-electron chi connectivity index (χ4n) is 17.1. The molecule has 1 aromatic carbocycles. The van der Waals surface area contributed by atoms with Crippen molar-refractivity contribution < 1.29 is 86.5 Å². The van der Waals surface area contributed by atoms with Crippen molar-refractivity contribution in [3.05, 3.63) is 64.6 Å². The topological polar surface area (TPSA) is 625 Å². The number of unbranched alkanes of at least 4 members (excludes halogenated alkanes) is 3. The van der Waals surface area contributed by atoms with Gasteiger partial charge in [-0.15, -0.1) is 0 Å². The summed E-state index contributed by atoms with van der Waals surface area (Å²) in [6.45, 7) is 5.53. The first-order chi connectivity index (χ1) is 62.5. The lowest BCUT2D eigenvalue weighted by atomic mass is 9.86. The zero-order valence-electron chi connectivity index (χ0n) is 74.8. The minimum Gasteiger partial charge on any atom is -0.480 e. The number of benzene rings is 1. The Hall–Kier alpha value is -10.9. The second-order valence-corrected chi connectivity index (χ2v) is 36.8. The molecule has 6 aliphatic rings. The summed E-state index contributed by atoms with van der Waals surface area (Å²) >= 11 is 0. The molecule has 6 aliphatic heterocycles. The summed E-state index contributed by atoms with van der Waals surface area (Å²) in [6, 6.07) is -3.62. The van der Waals surface area contributed by atoms with E-state index in [1.54, 1.807) is 49.1 Å². The Morgan fingerprint density at radius 3 is 2.15 bits per heavy atom. The average molecular weight is 1860 g/mol. The lowest BCUT2D eigenvalue weighted by Gasteiger charge is -2.40. The number of fused-ring (bicyclic) bond motifs is 5. The van der Waals surface area contributed by atoms with Crippen molar-refractivity contribution in [1.29, 1.82) is 0 Å². The average Bonchev–Trinajstić information content (AvgIpc) is 1.02. The number of Topliss-reactive ketones (excluding diaryl/α,β-unsaturated/α-hetero) is 1. The molecule has 19 N–H and O–H groups in total. The number of hydrogen-bond donors (Lipinski definition) is 15. The van der Waals surface area contributed by atoms with Crippen LogP contribution in [0.25, 0.3) is 10.4 Å². The minimum atomic E-state index is -1.57. The molecule has 1 aromatic heterocycles. The van der Waals surface area contributed by atoms with Gasteiger partial charge in [0, 0.05) is 151 Å². The van der Waals surface area contributed by atoms with Crippen molar-refractivity contribution in [3.63, 3.8) is 0 Å². The number of carboxylic acid groups (broad SMARTS) is 1. The number of nitrogens with one attached hydrogen (secondary N) is 10. The third-order valence-electron chi connectivity index (χ3n) is 24.0. The number of rotatable bonds is 43. The number of piperazine rings is 1. The molecule has 12 amide bonds. The van der Waals surface area contributed by atoms with Crippen LogP contribution in [0.2, 0.25) is 0 Å². The summed E-state index contributed by atoms with van der Waals surface area (Å²) in [6.07, 6.45) is 8.77. The number of hydrogen-bond acceptors (Lipinski definition) is 25. The molecule has 8 rings (SSSR count). The fourth-order valence-corrected chi connectivity index (χ4v) is 19.5. The highest BCUT2D eigenvalue weighted by Crippen LogP contribution is 2.33. The van der Waals surface area contributed by atoms with Gasteiger partial charge in [-0.2, -0.15) is 0 Å². The Balaban J connectivity index is 1.08. The third kappa shape index (κ3) is 35.1. The number of aliphatic carboxylic acids is 1. The number of imidazole rings is 1. The van der Waals surface area contributed by atoms with Crippen molar-refractivity contribution in [1.82, 2.24) is 82.3 Å². The normalized spacial score (nSPS) is 22.6. The summed E-state index contributed by atoms with van der Waals surface area (Å²) in [4.78, 5) is 243. The fraction of sp³-hybridized carbons (Fsp3) is 0.694. The molecule has 6 saturated heterocycles. The number of carbonyl (C=O) groups excluding carboxylic acids is 14. The van der Waals surface area contributed by atoms with Gasteiger partial charge < -0.3 is 105 Å². The number of ketones is 1. The van der Waals surface area contributed by atoms with Crippen LogP contribution in [0.15, 0.2) is 58.0 Å². The van der Waals surface area contributed by atoms with Gasteiger partial charge in [-0.25, -0.2) is 14.6 Å². The molecule has 45 heteroatoms. The maximum absolute atomic E-state index is 16.5. The van der Waals surface area contributed by atoms with Crippen LogP contribution in [-0.2, 0) is 94.2 Å². The van der Waals surface area contributed by atoms with Crippen LogP contribution in [0.1, 0.15) is 173 Å². The molecular weight excluding hydrogens is 1720 g/mol. The SMILES string of the molecule is COCC(=O)OCC1CN(C(=O)CCCCCN=[N+]=[N-])CCN1CC(=O)NCCCC[C@@H]1NC(=O)[C@H](Cc2cnc[nH]2)N2CCC[C@H](CC[C@@H]3CCCN3CCNC1=O)C(=O)CC(C(=O)N[C@@H](Cc1ccccc1)C(=O)O)CSSC[C@H](NC(=O)[C@H](CC(C)C)NC(=O)[C@H](CCCN=C(N)N)NC(=O)[C@@H]1CCCN1C(=O)[C@H](CCCN=C(N)N)NC(=O)[C@@H]1CCC(=O)N1)C2=O. The number of amides is 12. The van der Waals surface area contributed by atoms with Crippen LogP contribution >= 0.6 is 21.6 Å². The standard InChI is InChI=1S/C85H133N25O18S2/c1-53(2)41-64(102-76(118)61(22-12-31-94-84(86)87)100-79(121)67-24-16-37-109(67)81(123)63(23-13-32-95-85(88)89)101-77(119)62-28-29-70(112)98-62)78(120)104-66-51-130-129-50-56(74(116)103-65(83(125)126)42-54-17-6-4-7-18-54)43-69(111)55-19-14-36-110(82(66)124)68(44-57-45-91-52-96-57)80(122)99-60(75(117)93-34-38-106-35-15-20-58(106)27-26-55)21-9-11-30-92-71(113)47-107-39-40-108(46-59(107)48-128-73(115)49-127-3)72(114)25-8-5-10-33-97-105-90/h4,6-7,17-18,45,52-53,55-56,58-68H,5,8-16,19-44,46-51H2,1-3H3,(H,91,96)(H,92,113)(H,93,117)(H,98,112)(H,99,122)(H,100,121)(H,101,119)(H,102,118)(H,103,116)(H,104,120)(H,125,126)(H4,86,87,94)(H4,88,89,95)/t55-,56?,58+,59?,60+,61+,62+,63+,64+,65+,66+,67+,68+/m1/s1. The molecule has 6 fully saturated rings. The highest BCUT2D eigenvalue weighted by Gasteiger charge is 2.44. The van der Waals surface area contributed by atoms with E-state index in [0.29, 0.717) is 88.9 Å². The van der Waals surface area contributed by atoms with Gasteiger partial charge in [0.25, 0.3) is 0 Å². The number of esters is 1. The molecule has 0 aliphatic carbocycles. The van der Waals surface area contributed by atoms with Crippen LogP contribution in [0.4, 0.5) is 0 Å². The van der Waals surface area contributed by atoms with Gasteiger partial charge in [0.05, 0.1) is 24.8 Å². The molecule has 130 heavy (non-hydrogen) atoms. The Morgan fingerprint density at radius 1 is 0.723 bits per heavy atom. The number of aliphatic imine (C=N–C) groups is 2. The Morgan fingerprint density at radius 2 is 1.45 bits per heavy atom. The van der Waals surface area contributed by atoms with E-state index in [1.165, 1.54) is 29.4 Å². The largest absolute Gasteiger partial charge is 0.480 e. The van der Waals surface area contributed by atoms with Gasteiger partial charge in [-0.05, 0) is 146 Å². The van der Waals surface area contributed by atoms with Crippen molar-refractivity contribution in [3.8, 4) is 0 Å². The van der Waals surface area contributed by atoms with Crippen molar-refractivity contribution >= 4 is 122 Å². The number of nitrogens with two attached hydrogens (primary N) is 4. The van der Waals surface area contributed by atoms with E-state index >= 15 is 24.0 Å². The molecule has 2 aromatic rings. The van der Waals surface area contributed by atoms with Crippen LogP contribution in [0, 0.1) is 17.8 Å². The van der Waals surface area contributed by atoms with Gasteiger partial charge in [-0.1, -0.05) is 77.3 Å². The number of nitrogens with zero attached hydrogens (tertiary/aromatic N) is 11. The quantitative estimate of drug-likeness (QED) is 0.00577. The number of aromatic nitrogens is 2. The van der Waals surface area contributed by atoms with Gasteiger partial charge in [0.15, 0.2) is 11.9 Å². The van der Waals surface area contributed by atoms with Gasteiger partial charge in [-0.3, -0.25) is 82.1 Å². The molecule has 0 spiro atoms. The smallest absolute Gasteiger partial charge is 0.332 e. The van der Waals surface area contributed by atoms with Crippen molar-refractivity contribution in [2.45, 2.75) is 241 Å².